The van der Waals surface area contributed by atoms with Crippen molar-refractivity contribution in [2.75, 3.05) is 0 Å². The number of fused-ring (bicyclic) bond motifs is 1. The molecule has 0 aliphatic carbocycles. The number of hydrogen-bond acceptors (Lipinski definition) is 4. The van der Waals surface area contributed by atoms with Crippen molar-refractivity contribution in [2.45, 2.75) is 33.7 Å². The van der Waals surface area contributed by atoms with Gasteiger partial charge in [-0.2, -0.15) is 0 Å². The first-order valence-electron chi connectivity index (χ1n) is 5.45. The third-order valence-electron chi connectivity index (χ3n) is 2.73. The fraction of sp³-hybridized carbons (Fsp3) is 0.545. The van der Waals surface area contributed by atoms with Crippen LogP contribution in [-0.4, -0.2) is 19.6 Å². The minimum atomic E-state index is -0.113. The lowest BCUT2D eigenvalue weighted by molar-refractivity contribution is 0.485. The van der Waals surface area contributed by atoms with Crippen LogP contribution in [0.3, 0.4) is 0 Å². The van der Waals surface area contributed by atoms with Crippen LogP contribution < -0.4 is 5.73 Å². The number of nitrogens with zero attached hydrogens (tertiary/aromatic N) is 4. The standard InChI is InChI=1S/C11H17N5/c1-6(2)9(12)10-14-15-11-13-7(3)5-8(4)16(10)11/h5-6,9H,12H2,1-4H3. The zero-order valence-electron chi connectivity index (χ0n) is 10.1. The predicted molar refractivity (Wildman–Crippen MR) is 62.0 cm³/mol. The molecule has 5 heteroatoms. The molecule has 0 bridgehead atoms. The summed E-state index contributed by atoms with van der Waals surface area (Å²) in [5.41, 5.74) is 8.12. The number of aromatic nitrogens is 4. The summed E-state index contributed by atoms with van der Waals surface area (Å²) in [6, 6.07) is 1.89. The topological polar surface area (TPSA) is 69.1 Å². The molecule has 0 saturated carbocycles. The molecule has 0 radical (unpaired) electrons. The van der Waals surface area contributed by atoms with Gasteiger partial charge in [-0.3, -0.25) is 4.40 Å². The first-order valence-corrected chi connectivity index (χ1v) is 5.45. The van der Waals surface area contributed by atoms with Gasteiger partial charge in [-0.15, -0.1) is 10.2 Å². The number of rotatable bonds is 2. The second-order valence-corrected chi connectivity index (χ2v) is 4.50. The molecule has 0 saturated heterocycles. The molecule has 0 aromatic carbocycles. The van der Waals surface area contributed by atoms with Crippen LogP contribution in [0.25, 0.3) is 5.78 Å². The summed E-state index contributed by atoms with van der Waals surface area (Å²) in [5, 5.41) is 8.21. The van der Waals surface area contributed by atoms with E-state index in [0.717, 1.165) is 17.2 Å². The molecule has 0 aliphatic heterocycles. The Labute approximate surface area is 94.7 Å². The Hall–Kier alpha value is -1.49. The zero-order chi connectivity index (χ0) is 11.9. The maximum Gasteiger partial charge on any atom is 0.255 e. The molecular weight excluding hydrogens is 202 g/mol. The first-order chi connectivity index (χ1) is 7.50. The Morgan fingerprint density at radius 1 is 1.25 bits per heavy atom. The second-order valence-electron chi connectivity index (χ2n) is 4.50. The molecule has 5 nitrogen and oxygen atoms in total. The molecule has 2 N–H and O–H groups in total. The summed E-state index contributed by atoms with van der Waals surface area (Å²) in [6.45, 7) is 8.11. The van der Waals surface area contributed by atoms with Crippen molar-refractivity contribution in [1.82, 2.24) is 19.6 Å². The second kappa shape index (κ2) is 3.83. The largest absolute Gasteiger partial charge is 0.321 e. The fourth-order valence-corrected chi connectivity index (χ4v) is 1.77. The number of aryl methyl sites for hydroxylation is 2. The van der Waals surface area contributed by atoms with E-state index in [1.54, 1.807) is 0 Å². The molecule has 2 aromatic heterocycles. The van der Waals surface area contributed by atoms with Crippen molar-refractivity contribution in [1.29, 1.82) is 0 Å². The maximum atomic E-state index is 6.10. The van der Waals surface area contributed by atoms with E-state index in [1.165, 1.54) is 0 Å². The zero-order valence-corrected chi connectivity index (χ0v) is 10.1. The van der Waals surface area contributed by atoms with E-state index in [4.69, 9.17) is 5.73 Å². The van der Waals surface area contributed by atoms with E-state index in [9.17, 15) is 0 Å². The Kier molecular flexibility index (Phi) is 2.63. The van der Waals surface area contributed by atoms with Crippen LogP contribution in [0.2, 0.25) is 0 Å². The Morgan fingerprint density at radius 3 is 2.56 bits per heavy atom. The van der Waals surface area contributed by atoms with E-state index in [1.807, 2.05) is 24.3 Å². The van der Waals surface area contributed by atoms with Crippen LogP contribution in [-0.2, 0) is 0 Å². The Balaban J connectivity index is 2.65. The molecule has 16 heavy (non-hydrogen) atoms. The minimum Gasteiger partial charge on any atom is -0.321 e. The quantitative estimate of drug-likeness (QED) is 0.828. The summed E-state index contributed by atoms with van der Waals surface area (Å²) >= 11 is 0. The van der Waals surface area contributed by atoms with E-state index < -0.39 is 0 Å². The van der Waals surface area contributed by atoms with Gasteiger partial charge >= 0.3 is 0 Å². The van der Waals surface area contributed by atoms with Gasteiger partial charge < -0.3 is 5.73 Å². The van der Waals surface area contributed by atoms with Crippen LogP contribution in [0, 0.1) is 19.8 Å². The van der Waals surface area contributed by atoms with E-state index >= 15 is 0 Å². The molecule has 2 aromatic rings. The number of hydrogen-bond donors (Lipinski definition) is 1. The normalized spacial score (nSPS) is 13.6. The van der Waals surface area contributed by atoms with Crippen LogP contribution in [0.15, 0.2) is 6.07 Å². The smallest absolute Gasteiger partial charge is 0.255 e. The molecule has 0 aliphatic rings. The van der Waals surface area contributed by atoms with Gasteiger partial charge in [-0.05, 0) is 25.8 Å². The van der Waals surface area contributed by atoms with E-state index in [0.29, 0.717) is 11.7 Å². The summed E-state index contributed by atoms with van der Waals surface area (Å²) in [7, 11) is 0. The average Bonchev–Trinajstić information content (AvgIpc) is 2.59. The van der Waals surface area contributed by atoms with Gasteiger partial charge in [-0.1, -0.05) is 13.8 Å². The van der Waals surface area contributed by atoms with Gasteiger partial charge in [-0.25, -0.2) is 4.98 Å². The van der Waals surface area contributed by atoms with Gasteiger partial charge in [0.1, 0.15) is 0 Å². The fourth-order valence-electron chi connectivity index (χ4n) is 1.77. The van der Waals surface area contributed by atoms with Gasteiger partial charge in [0, 0.05) is 11.4 Å². The third-order valence-corrected chi connectivity index (χ3v) is 2.73. The Bertz CT molecular complexity index is 514. The highest BCUT2D eigenvalue weighted by molar-refractivity contribution is 5.33. The summed E-state index contributed by atoms with van der Waals surface area (Å²) in [6.07, 6.45) is 0. The van der Waals surface area contributed by atoms with Crippen molar-refractivity contribution < 1.29 is 0 Å². The molecule has 1 atom stereocenters. The van der Waals surface area contributed by atoms with E-state index in [2.05, 4.69) is 29.0 Å². The van der Waals surface area contributed by atoms with Crippen LogP contribution >= 0.6 is 0 Å². The SMILES string of the molecule is Cc1cc(C)n2c(C(N)C(C)C)nnc2n1. The highest BCUT2D eigenvalue weighted by atomic mass is 15.3. The van der Waals surface area contributed by atoms with Gasteiger partial charge in [0.15, 0.2) is 5.82 Å². The van der Waals surface area contributed by atoms with Crippen molar-refractivity contribution >= 4 is 5.78 Å². The van der Waals surface area contributed by atoms with Gasteiger partial charge in [0.05, 0.1) is 6.04 Å². The van der Waals surface area contributed by atoms with Crippen LogP contribution in [0.5, 0.6) is 0 Å². The van der Waals surface area contributed by atoms with Crippen LogP contribution in [0.1, 0.15) is 37.1 Å². The molecule has 2 rings (SSSR count). The lowest BCUT2D eigenvalue weighted by Gasteiger charge is -2.14. The molecule has 0 fully saturated rings. The summed E-state index contributed by atoms with van der Waals surface area (Å²) in [4.78, 5) is 4.33. The number of nitrogens with two attached hydrogens (primary N) is 1. The highest BCUT2D eigenvalue weighted by Crippen LogP contribution is 2.18. The molecular formula is C11H17N5. The summed E-state index contributed by atoms with van der Waals surface area (Å²) in [5.74, 6) is 1.74. The van der Waals surface area contributed by atoms with Gasteiger partial charge in [0.25, 0.3) is 5.78 Å². The molecule has 1 unspecified atom stereocenters. The molecule has 86 valence electrons. The average molecular weight is 219 g/mol. The van der Waals surface area contributed by atoms with Crippen molar-refractivity contribution in [2.24, 2.45) is 11.7 Å². The van der Waals surface area contributed by atoms with Crippen LogP contribution in [0.4, 0.5) is 0 Å². The van der Waals surface area contributed by atoms with Gasteiger partial charge in [0.2, 0.25) is 0 Å². The third kappa shape index (κ3) is 1.67. The van der Waals surface area contributed by atoms with Crippen molar-refractivity contribution in [3.8, 4) is 0 Å². The minimum absolute atomic E-state index is 0.113. The molecule has 0 amide bonds. The lowest BCUT2D eigenvalue weighted by atomic mass is 10.1. The molecule has 2 heterocycles. The monoisotopic (exact) mass is 219 g/mol. The van der Waals surface area contributed by atoms with E-state index in [-0.39, 0.29) is 6.04 Å². The predicted octanol–water partition coefficient (Wildman–Crippen LogP) is 1.40. The first kappa shape index (κ1) is 11.0. The Morgan fingerprint density at radius 2 is 1.94 bits per heavy atom. The highest BCUT2D eigenvalue weighted by Gasteiger charge is 2.18. The van der Waals surface area contributed by atoms with Crippen molar-refractivity contribution in [3.05, 3.63) is 23.3 Å². The molecule has 0 spiro atoms. The summed E-state index contributed by atoms with van der Waals surface area (Å²) < 4.78 is 1.93. The maximum absolute atomic E-state index is 6.10. The van der Waals surface area contributed by atoms with Crippen molar-refractivity contribution in [3.63, 3.8) is 0 Å². The lowest BCUT2D eigenvalue weighted by Crippen LogP contribution is -2.20.